The van der Waals surface area contributed by atoms with Gasteiger partial charge in [0.15, 0.2) is 0 Å². The summed E-state index contributed by atoms with van der Waals surface area (Å²) in [7, 11) is 0. The fourth-order valence-corrected chi connectivity index (χ4v) is 6.52. The van der Waals surface area contributed by atoms with Gasteiger partial charge in [0.05, 0.1) is 6.04 Å². The second kappa shape index (κ2) is 11.0. The van der Waals surface area contributed by atoms with Gasteiger partial charge in [-0.05, 0) is 61.1 Å². The summed E-state index contributed by atoms with van der Waals surface area (Å²) in [5.74, 6) is 0.333. The van der Waals surface area contributed by atoms with Crippen LogP contribution in [0.15, 0.2) is 61.2 Å². The van der Waals surface area contributed by atoms with Crippen LogP contribution >= 0.6 is 0 Å². The number of benzene rings is 2. The Bertz CT molecular complexity index is 999. The summed E-state index contributed by atoms with van der Waals surface area (Å²) in [6, 6.07) is 17.2. The lowest BCUT2D eigenvalue weighted by atomic mass is 9.93. The fourth-order valence-electron chi connectivity index (χ4n) is 6.52. The maximum Gasteiger partial charge on any atom is 0.251 e. The molecule has 2 bridgehead atoms. The molecule has 2 aromatic rings. The molecular formula is C30H39N3O2. The van der Waals surface area contributed by atoms with Crippen molar-refractivity contribution in [2.75, 3.05) is 19.6 Å². The molecule has 35 heavy (non-hydrogen) atoms. The summed E-state index contributed by atoms with van der Waals surface area (Å²) < 4.78 is 0. The van der Waals surface area contributed by atoms with Crippen LogP contribution in [-0.4, -0.2) is 58.6 Å². The average Bonchev–Trinajstić information content (AvgIpc) is 3.02. The molecule has 5 nitrogen and oxygen atoms in total. The predicted octanol–water partition coefficient (Wildman–Crippen LogP) is 5.27. The molecule has 1 amide bonds. The van der Waals surface area contributed by atoms with Gasteiger partial charge in [-0.25, -0.2) is 0 Å². The predicted molar refractivity (Wildman–Crippen MR) is 141 cm³/mol. The number of phenols is 1. The van der Waals surface area contributed by atoms with Crippen molar-refractivity contribution in [2.24, 2.45) is 0 Å². The molecule has 2 N–H and O–H groups in total. The van der Waals surface area contributed by atoms with Gasteiger partial charge < -0.3 is 10.4 Å². The first-order valence-corrected chi connectivity index (χ1v) is 13.4. The number of amides is 1. The lowest BCUT2D eigenvalue weighted by Crippen LogP contribution is -2.54. The molecule has 2 heterocycles. The van der Waals surface area contributed by atoms with Crippen LogP contribution < -0.4 is 5.32 Å². The Morgan fingerprint density at radius 2 is 1.66 bits per heavy atom. The van der Waals surface area contributed by atoms with E-state index >= 15 is 0 Å². The molecule has 3 unspecified atom stereocenters. The van der Waals surface area contributed by atoms with E-state index in [1.165, 1.54) is 44.1 Å². The van der Waals surface area contributed by atoms with Crippen molar-refractivity contribution in [3.05, 3.63) is 77.9 Å². The van der Waals surface area contributed by atoms with Crippen LogP contribution in [0.25, 0.3) is 0 Å². The summed E-state index contributed by atoms with van der Waals surface area (Å²) in [6.07, 6.45) is 11.5. The Labute approximate surface area is 209 Å². The van der Waals surface area contributed by atoms with E-state index in [1.54, 1.807) is 6.07 Å². The van der Waals surface area contributed by atoms with E-state index < -0.39 is 0 Å². The number of hydrogen-bond donors (Lipinski definition) is 2. The van der Waals surface area contributed by atoms with Crippen LogP contribution in [-0.2, 0) is 0 Å². The minimum Gasteiger partial charge on any atom is -0.508 e. The maximum atomic E-state index is 13.0. The average molecular weight is 474 g/mol. The highest BCUT2D eigenvalue weighted by Crippen LogP contribution is 2.41. The Morgan fingerprint density at radius 1 is 0.971 bits per heavy atom. The van der Waals surface area contributed by atoms with E-state index in [9.17, 15) is 9.90 Å². The summed E-state index contributed by atoms with van der Waals surface area (Å²) >= 11 is 0. The number of hydrogen-bond acceptors (Lipinski definition) is 4. The molecule has 1 saturated carbocycles. The number of rotatable bonds is 7. The Balaban J connectivity index is 1.39. The molecule has 1 aliphatic carbocycles. The van der Waals surface area contributed by atoms with Gasteiger partial charge >= 0.3 is 0 Å². The zero-order chi connectivity index (χ0) is 24.2. The van der Waals surface area contributed by atoms with E-state index in [2.05, 4.69) is 39.9 Å². The second-order valence-corrected chi connectivity index (χ2v) is 10.6. The van der Waals surface area contributed by atoms with Crippen LogP contribution in [0.5, 0.6) is 5.75 Å². The summed E-state index contributed by atoms with van der Waals surface area (Å²) in [5.41, 5.74) is 3.01. The van der Waals surface area contributed by atoms with Gasteiger partial charge in [0.2, 0.25) is 0 Å². The van der Waals surface area contributed by atoms with E-state index in [1.807, 2.05) is 30.3 Å². The highest BCUT2D eigenvalue weighted by Gasteiger charge is 2.43. The molecule has 0 spiro atoms. The molecule has 3 fully saturated rings. The number of carbonyl (C=O) groups is 1. The smallest absolute Gasteiger partial charge is 0.251 e. The van der Waals surface area contributed by atoms with Crippen molar-refractivity contribution in [1.82, 2.24) is 15.1 Å². The molecule has 3 atom stereocenters. The Morgan fingerprint density at radius 3 is 2.29 bits per heavy atom. The first-order chi connectivity index (χ1) is 17.1. The van der Waals surface area contributed by atoms with Gasteiger partial charge in [-0.15, -0.1) is 6.58 Å². The number of nitrogens with one attached hydrogen (secondary N) is 1. The Kier molecular flexibility index (Phi) is 7.54. The maximum absolute atomic E-state index is 13.0. The summed E-state index contributed by atoms with van der Waals surface area (Å²) in [6.45, 7) is 6.95. The number of phenolic OH excluding ortho intramolecular Hbond substituents is 1. The van der Waals surface area contributed by atoms with Gasteiger partial charge in [-0.2, -0.15) is 0 Å². The number of fused-ring (bicyclic) bond motifs is 2. The lowest BCUT2D eigenvalue weighted by molar-refractivity contribution is 0.0499. The van der Waals surface area contributed by atoms with Crippen LogP contribution in [0.1, 0.15) is 78.9 Å². The molecule has 2 aliphatic heterocycles. The van der Waals surface area contributed by atoms with Crippen LogP contribution in [0.2, 0.25) is 0 Å². The first-order valence-electron chi connectivity index (χ1n) is 13.4. The second-order valence-electron chi connectivity index (χ2n) is 10.6. The van der Waals surface area contributed by atoms with Gasteiger partial charge in [-0.3, -0.25) is 14.6 Å². The summed E-state index contributed by atoms with van der Waals surface area (Å²) in [4.78, 5) is 18.1. The third-order valence-electron chi connectivity index (χ3n) is 8.16. The largest absolute Gasteiger partial charge is 0.508 e. The minimum absolute atomic E-state index is 0.0375. The molecule has 0 aromatic heterocycles. The van der Waals surface area contributed by atoms with Crippen molar-refractivity contribution in [3.63, 3.8) is 0 Å². The topological polar surface area (TPSA) is 55.8 Å². The summed E-state index contributed by atoms with van der Waals surface area (Å²) in [5, 5.41) is 13.5. The molecule has 186 valence electrons. The zero-order valence-electron chi connectivity index (χ0n) is 20.7. The van der Waals surface area contributed by atoms with Gasteiger partial charge in [0, 0.05) is 43.3 Å². The molecule has 5 heteroatoms. The van der Waals surface area contributed by atoms with E-state index in [0.29, 0.717) is 23.9 Å². The van der Waals surface area contributed by atoms with Crippen molar-refractivity contribution < 1.29 is 9.90 Å². The fraction of sp³-hybridized carbons (Fsp3) is 0.500. The number of piperazine rings is 1. The van der Waals surface area contributed by atoms with Crippen LogP contribution in [0.4, 0.5) is 0 Å². The lowest BCUT2D eigenvalue weighted by Gasteiger charge is -2.45. The quantitative estimate of drug-likeness (QED) is 0.425. The third kappa shape index (κ3) is 5.46. The molecular weight excluding hydrogens is 434 g/mol. The van der Waals surface area contributed by atoms with Crippen molar-refractivity contribution in [3.8, 4) is 5.75 Å². The number of aromatic hydroxyl groups is 1. The number of nitrogens with zero attached hydrogens (tertiary/aromatic N) is 2. The van der Waals surface area contributed by atoms with Crippen molar-refractivity contribution in [2.45, 2.75) is 75.5 Å². The normalized spacial score (nSPS) is 24.6. The molecule has 3 aliphatic rings. The Hall–Kier alpha value is -2.63. The van der Waals surface area contributed by atoms with Crippen molar-refractivity contribution in [1.29, 1.82) is 0 Å². The monoisotopic (exact) mass is 473 g/mol. The number of carbonyl (C=O) groups excluding carboxylic acids is 1. The van der Waals surface area contributed by atoms with Gasteiger partial charge in [0.25, 0.3) is 5.91 Å². The highest BCUT2D eigenvalue weighted by atomic mass is 16.3. The van der Waals surface area contributed by atoms with Gasteiger partial charge in [-0.1, -0.05) is 56.0 Å². The van der Waals surface area contributed by atoms with Crippen molar-refractivity contribution >= 4 is 5.91 Å². The molecule has 0 radical (unpaired) electrons. The van der Waals surface area contributed by atoms with E-state index in [-0.39, 0.29) is 11.9 Å². The molecule has 2 aromatic carbocycles. The van der Waals surface area contributed by atoms with Gasteiger partial charge in [0.1, 0.15) is 5.75 Å². The first kappa shape index (κ1) is 24.1. The standard InChI is InChI=1S/C30H39N3O2/c1-2-18-32-20-26-16-17-27(21-32)33(26)29(24-8-7-11-28(34)19-24)22-12-14-23(15-13-22)30(35)31-25-9-5-3-4-6-10-25/h2,7-8,11-15,19,25-27,29,34H,1,3-6,9-10,16-18,20-21H2,(H,31,35). The zero-order valence-corrected chi connectivity index (χ0v) is 20.7. The minimum atomic E-state index is 0.0375. The molecule has 2 saturated heterocycles. The number of likely N-dealkylation sites (tertiary alicyclic amines) is 1. The molecule has 5 rings (SSSR count). The SMILES string of the molecule is C=CCN1CC2CCC(C1)N2C(c1ccc(C(=O)NC2CCCCCC2)cc1)c1cccc(O)c1. The van der Waals surface area contributed by atoms with E-state index in [0.717, 1.165) is 43.6 Å². The van der Waals surface area contributed by atoms with E-state index in [4.69, 9.17) is 0 Å². The van der Waals surface area contributed by atoms with Crippen LogP contribution in [0.3, 0.4) is 0 Å². The third-order valence-corrected chi connectivity index (χ3v) is 8.16. The highest BCUT2D eigenvalue weighted by molar-refractivity contribution is 5.94. The van der Waals surface area contributed by atoms with Crippen LogP contribution in [0, 0.1) is 0 Å².